The molecule has 9 rings (SSSR count). The van der Waals surface area contributed by atoms with E-state index < -0.39 is 51.5 Å². The van der Waals surface area contributed by atoms with Gasteiger partial charge >= 0.3 is 5.97 Å². The molecular formula is C46H62N6O7. The quantitative estimate of drug-likeness (QED) is 0.107. The van der Waals surface area contributed by atoms with Crippen molar-refractivity contribution in [1.29, 1.82) is 0 Å². The lowest BCUT2D eigenvalue weighted by Crippen LogP contribution is -2.81. The molecule has 1 aromatic heterocycles. The molecule has 6 N–H and O–H groups in total. The lowest BCUT2D eigenvalue weighted by atomic mass is 9.47. The van der Waals surface area contributed by atoms with Gasteiger partial charge in [-0.2, -0.15) is 0 Å². The molecule has 2 aromatic carbocycles. The van der Waals surface area contributed by atoms with Gasteiger partial charge < -0.3 is 45.3 Å². The predicted molar refractivity (Wildman–Crippen MR) is 226 cm³/mol. The minimum atomic E-state index is -2.20. The van der Waals surface area contributed by atoms with Crippen molar-refractivity contribution in [3.05, 3.63) is 70.9 Å². The summed E-state index contributed by atoms with van der Waals surface area (Å²) in [6.45, 7) is 8.34. The number of carbonyl (C=O) groups is 2. The molecular weight excluding hydrogens is 749 g/mol. The second kappa shape index (κ2) is 14.3. The zero-order chi connectivity index (χ0) is 41.7. The third kappa shape index (κ3) is 5.50. The van der Waals surface area contributed by atoms with Crippen LogP contribution in [-0.2, 0) is 31.6 Å². The number of hydrogen-bond donors (Lipinski definition) is 6. The maximum absolute atomic E-state index is 15.3. The molecule has 1 spiro atoms. The summed E-state index contributed by atoms with van der Waals surface area (Å²) in [5.74, 6) is -0.600. The Morgan fingerprint density at radius 2 is 1.85 bits per heavy atom. The minimum Gasteiger partial charge on any atom is -0.496 e. The highest BCUT2D eigenvalue weighted by Crippen LogP contribution is 2.67. The summed E-state index contributed by atoms with van der Waals surface area (Å²) in [4.78, 5) is 40.5. The van der Waals surface area contributed by atoms with E-state index in [1.165, 1.54) is 7.11 Å². The number of ether oxygens (including phenoxy) is 2. The van der Waals surface area contributed by atoms with Crippen LogP contribution >= 0.6 is 0 Å². The number of nitrogens with one attached hydrogen (secondary N) is 3. The van der Waals surface area contributed by atoms with Crippen molar-refractivity contribution in [2.24, 2.45) is 11.3 Å². The summed E-state index contributed by atoms with van der Waals surface area (Å²) in [6, 6.07) is 11.2. The zero-order valence-corrected chi connectivity index (χ0v) is 35.4. The van der Waals surface area contributed by atoms with Crippen molar-refractivity contribution in [1.82, 2.24) is 25.4 Å². The molecule has 3 fully saturated rings. The lowest BCUT2D eigenvalue weighted by molar-refractivity contribution is -0.203. The number of nitrogens with zero attached hydrogens (tertiary/aromatic N) is 3. The molecule has 13 heteroatoms. The van der Waals surface area contributed by atoms with Gasteiger partial charge in [0.15, 0.2) is 5.60 Å². The van der Waals surface area contributed by atoms with Crippen molar-refractivity contribution in [3.8, 4) is 5.75 Å². The van der Waals surface area contributed by atoms with Crippen molar-refractivity contribution < 1.29 is 34.4 Å². The number of fused-ring (bicyclic) bond motifs is 6. The predicted octanol–water partition coefficient (Wildman–Crippen LogP) is 2.58. The molecule has 10 atom stereocenters. The first-order valence-electron chi connectivity index (χ1n) is 21.6. The zero-order valence-electron chi connectivity index (χ0n) is 35.4. The maximum atomic E-state index is 15.3. The molecule has 1 amide bonds. The number of benzene rings is 2. The number of hydrogen-bond acceptors (Lipinski definition) is 11. The molecule has 6 aliphatic rings. The number of esters is 1. The van der Waals surface area contributed by atoms with Gasteiger partial charge in [0.1, 0.15) is 17.3 Å². The Hall–Kier alpha value is -3.98. The molecule has 5 unspecified atom stereocenters. The third-order valence-electron chi connectivity index (χ3n) is 15.5. The third-order valence-corrected chi connectivity index (χ3v) is 15.5. The molecule has 5 aliphatic heterocycles. The molecule has 0 radical (unpaired) electrons. The number of rotatable bonds is 9. The van der Waals surface area contributed by atoms with E-state index in [1.807, 2.05) is 57.1 Å². The van der Waals surface area contributed by atoms with Crippen LogP contribution < -0.4 is 20.3 Å². The number of aromatic amines is 1. The van der Waals surface area contributed by atoms with Crippen LogP contribution in [0.2, 0.25) is 0 Å². The summed E-state index contributed by atoms with van der Waals surface area (Å²) in [5, 5.41) is 44.9. The van der Waals surface area contributed by atoms with E-state index in [0.29, 0.717) is 82.6 Å². The number of aliphatic hydroxyl groups excluding tert-OH is 1. The number of para-hydroxylation sites is 1. The molecule has 1 saturated carbocycles. The second-order valence-corrected chi connectivity index (χ2v) is 18.8. The standard InChI is InChI=1S/C46H62N6O7/c1-7-43-15-10-19-52-21-16-44(37(43)52)31-22-32(35(58-5)23-34(31)50(4)38(44)46(57,39(43)53)40(54)48-18-11-17-47-3)45(41(55)59-6)25-28-24-42(2,56)27-51(26-28)20-14-30-29-12-8-9-13-33(29)49-36(30)45/h8-10,12-13,15,22-23,28,37-39,47,49,53,56-57H,7,11,14,16-21,24-27H2,1-6H3,(H,48,54)/t28?,37?,38?,39-,42+,43-,44?,45-,46+/m1/s1. The normalized spacial score (nSPS) is 37.1. The van der Waals surface area contributed by atoms with Crippen LogP contribution in [0.5, 0.6) is 5.75 Å². The van der Waals surface area contributed by atoms with E-state index in [0.717, 1.165) is 46.5 Å². The summed E-state index contributed by atoms with van der Waals surface area (Å²) in [5.41, 5.74) is -1.25. The van der Waals surface area contributed by atoms with Crippen molar-refractivity contribution in [2.75, 3.05) is 79.0 Å². The van der Waals surface area contributed by atoms with E-state index in [-0.39, 0.29) is 12.0 Å². The number of methoxy groups -OCH3 is 2. The summed E-state index contributed by atoms with van der Waals surface area (Å²) in [7, 11) is 6.84. The van der Waals surface area contributed by atoms with E-state index in [2.05, 4.69) is 49.7 Å². The fourth-order valence-corrected chi connectivity index (χ4v) is 13.5. The molecule has 1 aliphatic carbocycles. The summed E-state index contributed by atoms with van der Waals surface area (Å²) in [6.07, 6.45) is 6.04. The maximum Gasteiger partial charge on any atom is 0.322 e. The van der Waals surface area contributed by atoms with Crippen LogP contribution in [0.3, 0.4) is 0 Å². The average Bonchev–Trinajstić information content (AvgIpc) is 3.89. The second-order valence-electron chi connectivity index (χ2n) is 18.8. The topological polar surface area (TPSA) is 163 Å². The fourth-order valence-electron chi connectivity index (χ4n) is 13.5. The van der Waals surface area contributed by atoms with Gasteiger partial charge in [-0.25, -0.2) is 0 Å². The van der Waals surface area contributed by atoms with Crippen LogP contribution in [0.15, 0.2) is 48.6 Å². The largest absolute Gasteiger partial charge is 0.496 e. The number of amides is 1. The van der Waals surface area contributed by atoms with Gasteiger partial charge in [0.25, 0.3) is 5.91 Å². The molecule has 59 heavy (non-hydrogen) atoms. The Kier molecular flexibility index (Phi) is 9.80. The van der Waals surface area contributed by atoms with Crippen molar-refractivity contribution in [3.63, 3.8) is 0 Å². The monoisotopic (exact) mass is 810 g/mol. The number of likely N-dealkylation sites (N-methyl/N-ethyl adjacent to an activating group) is 1. The van der Waals surface area contributed by atoms with Gasteiger partial charge in [0, 0.05) is 90.6 Å². The number of aliphatic hydroxyl groups is 3. The Bertz CT molecular complexity index is 2190. The Morgan fingerprint density at radius 1 is 1.05 bits per heavy atom. The first-order valence-corrected chi connectivity index (χ1v) is 21.6. The van der Waals surface area contributed by atoms with E-state index in [4.69, 9.17) is 9.47 Å². The first kappa shape index (κ1) is 40.4. The number of anilines is 1. The molecule has 2 bridgehead atoms. The molecule has 318 valence electrons. The van der Waals surface area contributed by atoms with Crippen molar-refractivity contribution in [2.45, 2.75) is 92.6 Å². The summed E-state index contributed by atoms with van der Waals surface area (Å²) >= 11 is 0. The number of piperidine rings is 1. The van der Waals surface area contributed by atoms with Crippen LogP contribution in [0.1, 0.15) is 68.3 Å². The van der Waals surface area contributed by atoms with E-state index in [9.17, 15) is 20.1 Å². The van der Waals surface area contributed by atoms with Gasteiger partial charge in [-0.15, -0.1) is 0 Å². The van der Waals surface area contributed by atoms with Gasteiger partial charge in [-0.1, -0.05) is 37.3 Å². The van der Waals surface area contributed by atoms with Crippen LogP contribution in [0.25, 0.3) is 10.9 Å². The van der Waals surface area contributed by atoms with Gasteiger partial charge in [-0.05, 0) is 94.8 Å². The minimum absolute atomic E-state index is 0.0820. The number of H-pyrrole nitrogens is 1. The molecule has 13 nitrogen and oxygen atoms in total. The van der Waals surface area contributed by atoms with E-state index in [1.54, 1.807) is 7.11 Å². The average molecular weight is 811 g/mol. The Labute approximate surface area is 347 Å². The van der Waals surface area contributed by atoms with Crippen LogP contribution in [0, 0.1) is 11.3 Å². The first-order chi connectivity index (χ1) is 28.3. The van der Waals surface area contributed by atoms with Gasteiger partial charge in [0.2, 0.25) is 0 Å². The van der Waals surface area contributed by atoms with Gasteiger partial charge in [-0.3, -0.25) is 19.4 Å². The smallest absolute Gasteiger partial charge is 0.322 e. The molecule has 3 aromatic rings. The SMILES string of the molecule is CC[C@]12C=CCN3CCC4(c5cc([C@]6(C(=O)OC)CC7CN(CCc8c6[nH]c6ccccc86)C[C@@](C)(O)C7)c(OC)cc5N(C)C4[C@@](O)(C(=O)NCCCNC)[C@@H]1O)C32. The summed E-state index contributed by atoms with van der Waals surface area (Å²) < 4.78 is 12.3. The highest BCUT2D eigenvalue weighted by Gasteiger charge is 2.78. The highest BCUT2D eigenvalue weighted by molar-refractivity contribution is 5.95. The van der Waals surface area contributed by atoms with Gasteiger partial charge in [0.05, 0.1) is 25.9 Å². The lowest BCUT2D eigenvalue weighted by Gasteiger charge is -2.63. The molecule has 6 heterocycles. The Balaban J connectivity index is 1.32. The number of carbonyl (C=O) groups excluding carboxylic acids is 2. The highest BCUT2D eigenvalue weighted by atomic mass is 16.5. The molecule has 2 saturated heterocycles. The van der Waals surface area contributed by atoms with Crippen molar-refractivity contribution >= 4 is 28.5 Å². The van der Waals surface area contributed by atoms with E-state index >= 15 is 4.79 Å². The fraction of sp³-hybridized carbons (Fsp3) is 0.609. The van der Waals surface area contributed by atoms with Crippen LogP contribution in [0.4, 0.5) is 5.69 Å². The Morgan fingerprint density at radius 3 is 2.59 bits per heavy atom. The number of aromatic nitrogens is 1. The van der Waals surface area contributed by atoms with Crippen LogP contribution in [-0.4, -0.2) is 145 Å².